The Bertz CT molecular complexity index is 403. The average molecular weight is 289 g/mol. The summed E-state index contributed by atoms with van der Waals surface area (Å²) in [4.78, 5) is 2.49. The molecule has 3 nitrogen and oxygen atoms in total. The lowest BCUT2D eigenvalue weighted by molar-refractivity contribution is 0.135. The maximum atomic E-state index is 4.29. The van der Waals surface area contributed by atoms with Gasteiger partial charge in [0.05, 0.1) is 0 Å². The highest BCUT2D eigenvalue weighted by atomic mass is 15.5. The van der Waals surface area contributed by atoms with E-state index in [1.807, 2.05) is 0 Å². The van der Waals surface area contributed by atoms with Gasteiger partial charge in [-0.25, -0.2) is 5.43 Å². The van der Waals surface area contributed by atoms with Crippen molar-refractivity contribution in [3.63, 3.8) is 0 Å². The van der Waals surface area contributed by atoms with E-state index in [1.54, 1.807) is 0 Å². The molecule has 0 saturated carbocycles. The van der Waals surface area contributed by atoms with E-state index in [0.29, 0.717) is 6.04 Å². The average Bonchev–Trinajstić information content (AvgIpc) is 2.90. The van der Waals surface area contributed by atoms with E-state index in [-0.39, 0.29) is 0 Å². The van der Waals surface area contributed by atoms with Crippen molar-refractivity contribution in [2.24, 2.45) is 0 Å². The molecule has 2 rings (SSSR count). The normalized spacial score (nSPS) is 19.8. The molecule has 2 heterocycles. The third kappa shape index (κ3) is 4.92. The number of unbranched alkanes of at least 4 members (excludes halogenated alkanes) is 1. The van der Waals surface area contributed by atoms with Crippen molar-refractivity contribution in [3.05, 3.63) is 36.2 Å². The van der Waals surface area contributed by atoms with Crippen molar-refractivity contribution in [1.82, 2.24) is 15.3 Å². The molecule has 0 unspecified atom stereocenters. The molecule has 0 bridgehead atoms. The van der Waals surface area contributed by atoms with Gasteiger partial charge in [-0.15, -0.1) is 6.58 Å². The van der Waals surface area contributed by atoms with Crippen molar-refractivity contribution in [2.75, 3.05) is 19.6 Å². The molecule has 0 radical (unpaired) electrons. The third-order valence-corrected chi connectivity index (χ3v) is 4.52. The van der Waals surface area contributed by atoms with Gasteiger partial charge in [-0.3, -0.25) is 0 Å². The van der Waals surface area contributed by atoms with Gasteiger partial charge in [-0.1, -0.05) is 12.2 Å². The van der Waals surface area contributed by atoms with E-state index >= 15 is 0 Å². The van der Waals surface area contributed by atoms with Crippen LogP contribution in [0.3, 0.4) is 0 Å². The molecule has 3 heteroatoms. The van der Waals surface area contributed by atoms with Gasteiger partial charge in [-0.2, -0.15) is 0 Å². The summed E-state index contributed by atoms with van der Waals surface area (Å²) in [6, 6.07) is 0.648. The van der Waals surface area contributed by atoms with Crippen LogP contribution in [0.25, 0.3) is 0 Å². The molecule has 0 atom stereocenters. The second-order valence-electron chi connectivity index (χ2n) is 6.67. The first-order valence-corrected chi connectivity index (χ1v) is 8.32. The number of likely N-dealkylation sites (tertiary alicyclic amines) is 1. The molecule has 118 valence electrons. The SMILES string of the molecule is C=C(C)CCCCC(=C)N1CCC(N2C=C(C)CN2)CC1. The highest BCUT2D eigenvalue weighted by Gasteiger charge is 2.25. The Labute approximate surface area is 130 Å². The largest absolute Gasteiger partial charge is 0.375 e. The number of allylic oxidation sites excluding steroid dienone is 2. The Morgan fingerprint density at radius 1 is 1.24 bits per heavy atom. The Kier molecular flexibility index (Phi) is 5.92. The summed E-state index contributed by atoms with van der Waals surface area (Å²) in [5, 5.41) is 2.32. The fourth-order valence-electron chi connectivity index (χ4n) is 3.15. The summed E-state index contributed by atoms with van der Waals surface area (Å²) in [7, 11) is 0. The first kappa shape index (κ1) is 16.2. The van der Waals surface area contributed by atoms with E-state index in [4.69, 9.17) is 0 Å². The van der Waals surface area contributed by atoms with Gasteiger partial charge in [0.1, 0.15) is 0 Å². The monoisotopic (exact) mass is 289 g/mol. The molecule has 0 amide bonds. The molecular formula is C18H31N3. The molecule has 0 aliphatic carbocycles. The van der Waals surface area contributed by atoms with Crippen molar-refractivity contribution in [2.45, 2.75) is 58.4 Å². The molecule has 21 heavy (non-hydrogen) atoms. The van der Waals surface area contributed by atoms with Crippen LogP contribution in [0, 0.1) is 0 Å². The smallest absolute Gasteiger partial charge is 0.0481 e. The van der Waals surface area contributed by atoms with Crippen molar-refractivity contribution >= 4 is 0 Å². The van der Waals surface area contributed by atoms with Crippen molar-refractivity contribution in [3.8, 4) is 0 Å². The van der Waals surface area contributed by atoms with E-state index in [1.165, 1.54) is 42.5 Å². The van der Waals surface area contributed by atoms with Gasteiger partial charge in [0.2, 0.25) is 0 Å². The lowest BCUT2D eigenvalue weighted by Gasteiger charge is -2.38. The van der Waals surface area contributed by atoms with Crippen LogP contribution in [0.2, 0.25) is 0 Å². The second kappa shape index (κ2) is 7.69. The minimum absolute atomic E-state index is 0.648. The zero-order chi connectivity index (χ0) is 15.2. The quantitative estimate of drug-likeness (QED) is 0.568. The Balaban J connectivity index is 1.66. The lowest BCUT2D eigenvalue weighted by Crippen LogP contribution is -2.45. The number of nitrogens with zero attached hydrogens (tertiary/aromatic N) is 2. The van der Waals surface area contributed by atoms with Gasteiger partial charge in [0.15, 0.2) is 0 Å². The van der Waals surface area contributed by atoms with Crippen LogP contribution >= 0.6 is 0 Å². The zero-order valence-electron chi connectivity index (χ0n) is 13.8. The fraction of sp³-hybridized carbons (Fsp3) is 0.667. The maximum Gasteiger partial charge on any atom is 0.0481 e. The van der Waals surface area contributed by atoms with Gasteiger partial charge in [0.25, 0.3) is 0 Å². The molecule has 0 aromatic rings. The molecule has 2 aliphatic heterocycles. The van der Waals surface area contributed by atoms with Crippen LogP contribution in [0.4, 0.5) is 0 Å². The molecule has 2 aliphatic rings. The number of hydrazine groups is 1. The standard InChI is InChI=1S/C18H31N3/c1-15(2)7-5-6-8-17(4)20-11-9-18(10-12-20)21-14-16(3)13-19-21/h14,18-19H,1,4-13H2,2-3H3. The van der Waals surface area contributed by atoms with E-state index in [2.05, 4.69) is 48.5 Å². The summed E-state index contributed by atoms with van der Waals surface area (Å²) in [5.74, 6) is 0. The lowest BCUT2D eigenvalue weighted by atomic mass is 10.0. The minimum atomic E-state index is 0.648. The molecular weight excluding hydrogens is 258 g/mol. The molecule has 0 spiro atoms. The Morgan fingerprint density at radius 2 is 1.90 bits per heavy atom. The maximum absolute atomic E-state index is 4.29. The summed E-state index contributed by atoms with van der Waals surface area (Å²) in [5.41, 5.74) is 7.52. The highest BCUT2D eigenvalue weighted by Crippen LogP contribution is 2.23. The summed E-state index contributed by atoms with van der Waals surface area (Å²) in [6.45, 7) is 15.9. The van der Waals surface area contributed by atoms with E-state index < -0.39 is 0 Å². The van der Waals surface area contributed by atoms with Gasteiger partial charge >= 0.3 is 0 Å². The number of piperidine rings is 1. The minimum Gasteiger partial charge on any atom is -0.375 e. The van der Waals surface area contributed by atoms with Gasteiger partial charge in [-0.05, 0) is 57.9 Å². The number of hydrogen-bond donors (Lipinski definition) is 1. The first-order valence-electron chi connectivity index (χ1n) is 8.32. The summed E-state index contributed by atoms with van der Waals surface area (Å²) in [6.07, 6.45) is 9.49. The predicted molar refractivity (Wildman–Crippen MR) is 90.6 cm³/mol. The van der Waals surface area contributed by atoms with Crippen LogP contribution in [-0.4, -0.2) is 35.6 Å². The van der Waals surface area contributed by atoms with Crippen LogP contribution in [-0.2, 0) is 0 Å². The van der Waals surface area contributed by atoms with Crippen molar-refractivity contribution in [1.29, 1.82) is 0 Å². The van der Waals surface area contributed by atoms with Gasteiger partial charge < -0.3 is 9.91 Å². The molecule has 0 aromatic heterocycles. The van der Waals surface area contributed by atoms with E-state index in [9.17, 15) is 0 Å². The third-order valence-electron chi connectivity index (χ3n) is 4.52. The molecule has 1 fully saturated rings. The second-order valence-corrected chi connectivity index (χ2v) is 6.67. The van der Waals surface area contributed by atoms with Crippen LogP contribution < -0.4 is 5.43 Å². The highest BCUT2D eigenvalue weighted by molar-refractivity contribution is 5.06. The topological polar surface area (TPSA) is 18.5 Å². The Morgan fingerprint density at radius 3 is 2.48 bits per heavy atom. The van der Waals surface area contributed by atoms with Crippen LogP contribution in [0.1, 0.15) is 52.4 Å². The predicted octanol–water partition coefficient (Wildman–Crippen LogP) is 3.83. The first-order chi connectivity index (χ1) is 10.1. The van der Waals surface area contributed by atoms with Gasteiger partial charge in [0, 0.05) is 37.6 Å². The van der Waals surface area contributed by atoms with E-state index in [0.717, 1.165) is 32.5 Å². The number of hydrogen-bond acceptors (Lipinski definition) is 3. The summed E-state index contributed by atoms with van der Waals surface area (Å²) < 4.78 is 0. The zero-order valence-corrected chi connectivity index (χ0v) is 13.8. The number of rotatable bonds is 7. The van der Waals surface area contributed by atoms with Crippen LogP contribution in [0.5, 0.6) is 0 Å². The molecule has 1 N–H and O–H groups in total. The summed E-state index contributed by atoms with van der Waals surface area (Å²) >= 11 is 0. The molecule has 1 saturated heterocycles. The fourth-order valence-corrected chi connectivity index (χ4v) is 3.15. The molecule has 0 aromatic carbocycles. The van der Waals surface area contributed by atoms with Crippen LogP contribution in [0.15, 0.2) is 36.2 Å². The van der Waals surface area contributed by atoms with Crippen molar-refractivity contribution < 1.29 is 0 Å². The number of nitrogens with one attached hydrogen (secondary N) is 1. The Hall–Kier alpha value is -1.22.